The van der Waals surface area contributed by atoms with Gasteiger partial charge in [-0.05, 0) is 34.5 Å². The molecular weight excluding hydrogens is 277 g/mol. The van der Waals surface area contributed by atoms with Crippen LogP contribution in [0.15, 0.2) is 22.8 Å². The van der Waals surface area contributed by atoms with E-state index in [4.69, 9.17) is 5.11 Å². The summed E-state index contributed by atoms with van der Waals surface area (Å²) in [6.45, 7) is 1.79. The molecule has 0 aliphatic heterocycles. The van der Waals surface area contributed by atoms with Gasteiger partial charge in [0.25, 0.3) is 0 Å². The van der Waals surface area contributed by atoms with Crippen molar-refractivity contribution in [1.82, 2.24) is 4.98 Å². The molecule has 0 aliphatic carbocycles. The quantitative estimate of drug-likeness (QED) is 0.875. The number of hydrogen-bond acceptors (Lipinski definition) is 2. The van der Waals surface area contributed by atoms with Crippen LogP contribution < -0.4 is 0 Å². The maximum absolute atomic E-state index is 13.6. The first-order valence-corrected chi connectivity index (χ1v) is 5.28. The van der Waals surface area contributed by atoms with E-state index < -0.39 is 11.8 Å². The molecule has 0 unspecified atom stereocenters. The van der Waals surface area contributed by atoms with E-state index >= 15 is 0 Å². The summed E-state index contributed by atoms with van der Waals surface area (Å²) in [7, 11) is 0. The number of benzene rings is 1. The van der Waals surface area contributed by atoms with Gasteiger partial charge in [0, 0.05) is 10.7 Å². The number of fused-ring (bicyclic) bond motifs is 1. The zero-order valence-corrected chi connectivity index (χ0v) is 9.88. The Labute approximate surface area is 99.1 Å². The van der Waals surface area contributed by atoms with E-state index in [1.807, 2.05) is 0 Å². The van der Waals surface area contributed by atoms with Crippen LogP contribution in [0.5, 0.6) is 0 Å². The molecule has 3 nitrogen and oxygen atoms in total. The van der Waals surface area contributed by atoms with E-state index in [9.17, 15) is 9.18 Å². The molecule has 2 rings (SSSR count). The summed E-state index contributed by atoms with van der Waals surface area (Å²) in [6, 6.07) is 2.91. The van der Waals surface area contributed by atoms with Crippen LogP contribution in [0, 0.1) is 12.7 Å². The van der Waals surface area contributed by atoms with Crippen molar-refractivity contribution < 1.29 is 14.3 Å². The number of carbonyl (C=O) groups is 1. The van der Waals surface area contributed by atoms with Crippen molar-refractivity contribution >= 4 is 32.8 Å². The second kappa shape index (κ2) is 3.83. The third-order valence-corrected chi connectivity index (χ3v) is 3.16. The normalized spacial score (nSPS) is 10.7. The van der Waals surface area contributed by atoms with Gasteiger partial charge in [0.2, 0.25) is 0 Å². The van der Waals surface area contributed by atoms with Crippen molar-refractivity contribution in [3.05, 3.63) is 39.7 Å². The molecule has 82 valence electrons. The zero-order chi connectivity index (χ0) is 11.9. The summed E-state index contributed by atoms with van der Waals surface area (Å²) < 4.78 is 13.8. The number of aromatic carboxylic acids is 1. The molecule has 1 aromatic carbocycles. The predicted octanol–water partition coefficient (Wildman–Crippen LogP) is 3.14. The van der Waals surface area contributed by atoms with Gasteiger partial charge in [0.1, 0.15) is 5.82 Å². The molecule has 0 bridgehead atoms. The van der Waals surface area contributed by atoms with E-state index in [2.05, 4.69) is 20.9 Å². The molecule has 0 atom stereocenters. The van der Waals surface area contributed by atoms with E-state index in [0.717, 1.165) is 5.56 Å². The minimum atomic E-state index is -1.14. The summed E-state index contributed by atoms with van der Waals surface area (Å²) in [5.74, 6) is -1.62. The summed E-state index contributed by atoms with van der Waals surface area (Å²) in [6.07, 6.45) is 1.22. The maximum atomic E-state index is 13.6. The molecule has 2 aromatic rings. The molecule has 0 fully saturated rings. The lowest BCUT2D eigenvalue weighted by molar-refractivity contribution is 0.0695. The van der Waals surface area contributed by atoms with E-state index in [0.29, 0.717) is 5.52 Å². The minimum Gasteiger partial charge on any atom is -0.478 e. The number of aromatic nitrogens is 1. The Bertz CT molecular complexity index is 598. The fourth-order valence-electron chi connectivity index (χ4n) is 1.52. The molecule has 0 saturated carbocycles. The van der Waals surface area contributed by atoms with E-state index in [1.165, 1.54) is 12.3 Å². The smallest absolute Gasteiger partial charge is 0.338 e. The molecular formula is C11H7BrFNO2. The van der Waals surface area contributed by atoms with Crippen molar-refractivity contribution in [1.29, 1.82) is 0 Å². The Balaban J connectivity index is 2.94. The number of hydrogen-bond donors (Lipinski definition) is 1. The van der Waals surface area contributed by atoms with Gasteiger partial charge in [-0.3, -0.25) is 4.98 Å². The van der Waals surface area contributed by atoms with Crippen LogP contribution in [0.3, 0.4) is 0 Å². The van der Waals surface area contributed by atoms with E-state index in [-0.39, 0.29) is 15.4 Å². The topological polar surface area (TPSA) is 50.2 Å². The Morgan fingerprint density at radius 3 is 2.81 bits per heavy atom. The highest BCUT2D eigenvalue weighted by Crippen LogP contribution is 2.30. The zero-order valence-electron chi connectivity index (χ0n) is 8.29. The minimum absolute atomic E-state index is 0.0444. The molecule has 0 radical (unpaired) electrons. The molecule has 1 N–H and O–H groups in total. The Hall–Kier alpha value is -1.49. The van der Waals surface area contributed by atoms with Crippen LogP contribution in [0.2, 0.25) is 0 Å². The summed E-state index contributed by atoms with van der Waals surface area (Å²) in [4.78, 5) is 14.8. The summed E-state index contributed by atoms with van der Waals surface area (Å²) in [5, 5.41) is 9.10. The van der Waals surface area contributed by atoms with Crippen LogP contribution in [-0.4, -0.2) is 16.1 Å². The lowest BCUT2D eigenvalue weighted by atomic mass is 10.1. The highest BCUT2D eigenvalue weighted by atomic mass is 79.9. The Kier molecular flexibility index (Phi) is 2.63. The Morgan fingerprint density at radius 2 is 2.19 bits per heavy atom. The standard InChI is InChI=1S/C11H7BrFNO2/c1-5-2-3-7(13)8-9(12)6(11(15)16)4-14-10(5)8/h2-4H,1H3,(H,15,16). The molecule has 0 saturated heterocycles. The van der Waals surface area contributed by atoms with Crippen LogP contribution in [0.1, 0.15) is 15.9 Å². The first-order valence-electron chi connectivity index (χ1n) is 4.49. The SMILES string of the molecule is Cc1ccc(F)c2c(Br)c(C(=O)O)cnc12. The van der Waals surface area contributed by atoms with Gasteiger partial charge >= 0.3 is 5.97 Å². The van der Waals surface area contributed by atoms with Crippen molar-refractivity contribution in [2.24, 2.45) is 0 Å². The number of carboxylic acid groups (broad SMARTS) is 1. The predicted molar refractivity (Wildman–Crippen MR) is 61.1 cm³/mol. The largest absolute Gasteiger partial charge is 0.478 e. The van der Waals surface area contributed by atoms with Crippen LogP contribution in [0.25, 0.3) is 10.9 Å². The van der Waals surface area contributed by atoms with Gasteiger partial charge in [-0.2, -0.15) is 0 Å². The average Bonchev–Trinajstić information content (AvgIpc) is 2.23. The van der Waals surface area contributed by atoms with Gasteiger partial charge in [-0.15, -0.1) is 0 Å². The number of rotatable bonds is 1. The van der Waals surface area contributed by atoms with E-state index in [1.54, 1.807) is 13.0 Å². The number of halogens is 2. The molecule has 1 aromatic heterocycles. The molecule has 0 aliphatic rings. The third-order valence-electron chi connectivity index (χ3n) is 2.34. The lowest BCUT2D eigenvalue weighted by Crippen LogP contribution is -2.01. The Morgan fingerprint density at radius 1 is 1.50 bits per heavy atom. The van der Waals surface area contributed by atoms with Crippen LogP contribution in [-0.2, 0) is 0 Å². The first-order chi connectivity index (χ1) is 7.52. The molecule has 16 heavy (non-hydrogen) atoms. The highest BCUT2D eigenvalue weighted by molar-refractivity contribution is 9.10. The lowest BCUT2D eigenvalue weighted by Gasteiger charge is -2.06. The third kappa shape index (κ3) is 1.57. The number of pyridine rings is 1. The summed E-state index contributed by atoms with van der Waals surface area (Å²) in [5.41, 5.74) is 1.22. The van der Waals surface area contributed by atoms with Gasteiger partial charge in [-0.1, -0.05) is 6.07 Å². The molecule has 0 spiro atoms. The highest BCUT2D eigenvalue weighted by Gasteiger charge is 2.16. The van der Waals surface area contributed by atoms with Crippen molar-refractivity contribution in [3.8, 4) is 0 Å². The fraction of sp³-hybridized carbons (Fsp3) is 0.0909. The average molecular weight is 284 g/mol. The van der Waals surface area contributed by atoms with Gasteiger partial charge < -0.3 is 5.11 Å². The van der Waals surface area contributed by atoms with Crippen molar-refractivity contribution in [2.75, 3.05) is 0 Å². The second-order valence-corrected chi connectivity index (χ2v) is 4.17. The monoisotopic (exact) mass is 283 g/mol. The molecule has 5 heteroatoms. The summed E-state index contributed by atoms with van der Waals surface area (Å²) >= 11 is 3.11. The first kappa shape index (κ1) is 11.0. The van der Waals surface area contributed by atoms with Crippen molar-refractivity contribution in [3.63, 3.8) is 0 Å². The molecule has 1 heterocycles. The van der Waals surface area contributed by atoms with Crippen molar-refractivity contribution in [2.45, 2.75) is 6.92 Å². The fourth-order valence-corrected chi connectivity index (χ4v) is 2.16. The number of aryl methyl sites for hydroxylation is 1. The van der Waals surface area contributed by atoms with Crippen LogP contribution in [0.4, 0.5) is 4.39 Å². The van der Waals surface area contributed by atoms with Gasteiger partial charge in [0.05, 0.1) is 16.5 Å². The maximum Gasteiger partial charge on any atom is 0.338 e. The van der Waals surface area contributed by atoms with Crippen LogP contribution >= 0.6 is 15.9 Å². The second-order valence-electron chi connectivity index (χ2n) is 3.38. The number of nitrogens with zero attached hydrogens (tertiary/aromatic N) is 1. The molecule has 0 amide bonds. The van der Waals surface area contributed by atoms with Gasteiger partial charge in [-0.25, -0.2) is 9.18 Å². The van der Waals surface area contributed by atoms with Gasteiger partial charge in [0.15, 0.2) is 0 Å². The number of carboxylic acids is 1.